The van der Waals surface area contributed by atoms with E-state index in [-0.39, 0.29) is 0 Å². The van der Waals surface area contributed by atoms with Crippen molar-refractivity contribution in [2.45, 2.75) is 13.0 Å². The summed E-state index contributed by atoms with van der Waals surface area (Å²) in [6.07, 6.45) is 0. The maximum absolute atomic E-state index is 12.5. The van der Waals surface area contributed by atoms with Crippen molar-refractivity contribution in [3.8, 4) is 11.3 Å². The van der Waals surface area contributed by atoms with Crippen LogP contribution in [0.25, 0.3) is 22.2 Å². The van der Waals surface area contributed by atoms with E-state index < -0.39 is 12.0 Å². The number of piperazine rings is 1. The number of hydrogen-bond donors (Lipinski definition) is 2. The summed E-state index contributed by atoms with van der Waals surface area (Å²) in [6.45, 7) is 10.0. The number of aromatic nitrogens is 1. The Morgan fingerprint density at radius 2 is 1.72 bits per heavy atom. The first-order chi connectivity index (χ1) is 14.0. The first-order valence-corrected chi connectivity index (χ1v) is 10.0. The molecule has 0 amide bonds. The largest absolute Gasteiger partial charge is 0.480 e. The highest BCUT2D eigenvalue weighted by Crippen LogP contribution is 2.37. The van der Waals surface area contributed by atoms with Gasteiger partial charge < -0.3 is 10.1 Å². The fourth-order valence-electron chi connectivity index (χ4n) is 4.30. The van der Waals surface area contributed by atoms with Crippen LogP contribution in [0.3, 0.4) is 0 Å². The number of aliphatic carboxylic acids is 1. The molecule has 4 rings (SSSR count). The van der Waals surface area contributed by atoms with Crippen molar-refractivity contribution in [2.24, 2.45) is 0 Å². The quantitative estimate of drug-likeness (QED) is 0.622. The zero-order valence-corrected chi connectivity index (χ0v) is 16.8. The number of rotatable bonds is 6. The van der Waals surface area contributed by atoms with Crippen molar-refractivity contribution in [3.05, 3.63) is 72.3 Å². The van der Waals surface area contributed by atoms with Gasteiger partial charge in [0.1, 0.15) is 6.04 Å². The van der Waals surface area contributed by atoms with Crippen LogP contribution >= 0.6 is 0 Å². The van der Waals surface area contributed by atoms with Gasteiger partial charge in [-0.1, -0.05) is 60.7 Å². The molecule has 1 unspecified atom stereocenters. The van der Waals surface area contributed by atoms with Crippen LogP contribution in [0.1, 0.15) is 18.5 Å². The Morgan fingerprint density at radius 3 is 2.38 bits per heavy atom. The van der Waals surface area contributed by atoms with Crippen molar-refractivity contribution < 1.29 is 9.90 Å². The molecule has 5 heteroatoms. The van der Waals surface area contributed by atoms with Crippen molar-refractivity contribution in [1.29, 1.82) is 0 Å². The summed E-state index contributed by atoms with van der Waals surface area (Å²) in [7, 11) is 0. The van der Waals surface area contributed by atoms with Crippen LogP contribution in [0.2, 0.25) is 0 Å². The number of nitrogens with zero attached hydrogens (tertiary/aromatic N) is 2. The van der Waals surface area contributed by atoms with Gasteiger partial charge in [0.25, 0.3) is 0 Å². The fourth-order valence-corrected chi connectivity index (χ4v) is 4.30. The number of aromatic amines is 1. The summed E-state index contributed by atoms with van der Waals surface area (Å²) in [6, 6.07) is 17.3. The van der Waals surface area contributed by atoms with Gasteiger partial charge in [0.05, 0.1) is 5.69 Å². The van der Waals surface area contributed by atoms with E-state index in [1.807, 2.05) is 61.5 Å². The second kappa shape index (κ2) is 8.23. The van der Waals surface area contributed by atoms with E-state index in [0.717, 1.165) is 66.0 Å². The van der Waals surface area contributed by atoms with Crippen LogP contribution in [0.4, 0.5) is 0 Å². The molecule has 1 aromatic heterocycles. The minimum absolute atomic E-state index is 0.687. The van der Waals surface area contributed by atoms with Gasteiger partial charge in [0, 0.05) is 49.2 Å². The Labute approximate surface area is 171 Å². The Hall–Kier alpha value is -2.89. The summed E-state index contributed by atoms with van der Waals surface area (Å²) < 4.78 is 0. The van der Waals surface area contributed by atoms with E-state index >= 15 is 0 Å². The molecule has 2 N–H and O–H groups in total. The van der Waals surface area contributed by atoms with Crippen LogP contribution in [0, 0.1) is 0 Å². The van der Waals surface area contributed by atoms with E-state index in [2.05, 4.69) is 21.4 Å². The number of H-pyrrole nitrogens is 1. The monoisotopic (exact) mass is 389 g/mol. The number of fused-ring (bicyclic) bond motifs is 1. The lowest BCUT2D eigenvalue weighted by Gasteiger charge is -2.38. The van der Waals surface area contributed by atoms with E-state index in [9.17, 15) is 9.90 Å². The molecule has 2 aromatic carbocycles. The van der Waals surface area contributed by atoms with E-state index in [1.165, 1.54) is 0 Å². The van der Waals surface area contributed by atoms with Crippen molar-refractivity contribution in [1.82, 2.24) is 14.8 Å². The molecular weight excluding hydrogens is 362 g/mol. The highest BCUT2D eigenvalue weighted by Gasteiger charge is 2.34. The molecule has 5 nitrogen and oxygen atoms in total. The summed E-state index contributed by atoms with van der Waals surface area (Å²) in [4.78, 5) is 20.4. The lowest BCUT2D eigenvalue weighted by Crippen LogP contribution is -2.49. The van der Waals surface area contributed by atoms with Crippen molar-refractivity contribution in [3.63, 3.8) is 0 Å². The van der Waals surface area contributed by atoms with Gasteiger partial charge in [0.15, 0.2) is 0 Å². The van der Waals surface area contributed by atoms with Crippen LogP contribution in [-0.4, -0.2) is 58.6 Å². The van der Waals surface area contributed by atoms with Gasteiger partial charge in [-0.2, -0.15) is 0 Å². The SMILES string of the molecule is C=C(C)CN1CCN(C(C(=O)O)c2c(-c3ccccc3)[nH]c3ccccc23)CC1. The number of carboxylic acid groups (broad SMARTS) is 1. The van der Waals surface area contributed by atoms with Gasteiger partial charge in [-0.25, -0.2) is 0 Å². The third-order valence-electron chi connectivity index (χ3n) is 5.58. The van der Waals surface area contributed by atoms with E-state index in [1.54, 1.807) is 0 Å². The van der Waals surface area contributed by atoms with Crippen molar-refractivity contribution in [2.75, 3.05) is 32.7 Å². The molecular formula is C24H27N3O2. The zero-order valence-electron chi connectivity index (χ0n) is 16.8. The molecule has 1 atom stereocenters. The number of nitrogens with one attached hydrogen (secondary N) is 1. The molecule has 150 valence electrons. The Morgan fingerprint density at radius 1 is 1.07 bits per heavy atom. The molecule has 0 radical (unpaired) electrons. The molecule has 29 heavy (non-hydrogen) atoms. The number of para-hydroxylation sites is 1. The predicted molar refractivity (Wildman–Crippen MR) is 117 cm³/mol. The second-order valence-electron chi connectivity index (χ2n) is 7.84. The maximum Gasteiger partial charge on any atom is 0.325 e. The highest BCUT2D eigenvalue weighted by atomic mass is 16.4. The molecule has 1 aliphatic rings. The summed E-state index contributed by atoms with van der Waals surface area (Å²) >= 11 is 0. The molecule has 3 aromatic rings. The Bertz CT molecular complexity index is 1020. The topological polar surface area (TPSA) is 59.6 Å². The number of hydrogen-bond acceptors (Lipinski definition) is 3. The minimum Gasteiger partial charge on any atom is -0.480 e. The molecule has 1 aliphatic heterocycles. The summed E-state index contributed by atoms with van der Waals surface area (Å²) in [5.41, 5.74) is 4.85. The lowest BCUT2D eigenvalue weighted by atomic mass is 9.97. The number of carboxylic acids is 1. The molecule has 1 saturated heterocycles. The number of carbonyl (C=O) groups is 1. The van der Waals surface area contributed by atoms with Gasteiger partial charge in [0.2, 0.25) is 0 Å². The minimum atomic E-state index is -0.805. The molecule has 2 heterocycles. The van der Waals surface area contributed by atoms with Crippen LogP contribution < -0.4 is 0 Å². The first-order valence-electron chi connectivity index (χ1n) is 10.0. The Kier molecular flexibility index (Phi) is 5.51. The van der Waals surface area contributed by atoms with Gasteiger partial charge in [-0.3, -0.25) is 14.6 Å². The smallest absolute Gasteiger partial charge is 0.325 e. The number of benzene rings is 2. The lowest BCUT2D eigenvalue weighted by molar-refractivity contribution is -0.144. The summed E-state index contributed by atoms with van der Waals surface area (Å²) in [5, 5.41) is 11.2. The standard InChI is InChI=1S/C24H27N3O2/c1-17(2)16-26-12-14-27(15-13-26)23(24(28)29)21-19-10-6-7-11-20(19)25-22(21)18-8-4-3-5-9-18/h3-11,23,25H,1,12-16H2,2H3,(H,28,29). The second-order valence-corrected chi connectivity index (χ2v) is 7.84. The van der Waals surface area contributed by atoms with Crippen LogP contribution in [0.5, 0.6) is 0 Å². The molecule has 1 fully saturated rings. The average Bonchev–Trinajstić information content (AvgIpc) is 3.09. The third kappa shape index (κ3) is 3.97. The van der Waals surface area contributed by atoms with Crippen LogP contribution in [0.15, 0.2) is 66.7 Å². The van der Waals surface area contributed by atoms with Gasteiger partial charge in [-0.15, -0.1) is 0 Å². The third-order valence-corrected chi connectivity index (χ3v) is 5.58. The summed E-state index contributed by atoms with van der Waals surface area (Å²) in [5.74, 6) is -0.805. The van der Waals surface area contributed by atoms with Crippen LogP contribution in [-0.2, 0) is 4.79 Å². The zero-order chi connectivity index (χ0) is 20.4. The molecule has 0 aliphatic carbocycles. The van der Waals surface area contributed by atoms with E-state index in [4.69, 9.17) is 0 Å². The highest BCUT2D eigenvalue weighted by molar-refractivity contribution is 5.95. The van der Waals surface area contributed by atoms with Gasteiger partial charge in [-0.05, 0) is 18.6 Å². The molecule has 0 saturated carbocycles. The van der Waals surface area contributed by atoms with Crippen molar-refractivity contribution >= 4 is 16.9 Å². The van der Waals surface area contributed by atoms with E-state index in [0.29, 0.717) is 0 Å². The predicted octanol–water partition coefficient (Wildman–Crippen LogP) is 4.15. The molecule has 0 bridgehead atoms. The first kappa shape index (κ1) is 19.4. The Balaban J connectivity index is 1.75. The average molecular weight is 389 g/mol. The maximum atomic E-state index is 12.5. The van der Waals surface area contributed by atoms with Gasteiger partial charge >= 0.3 is 5.97 Å². The normalized spacial score (nSPS) is 16.7. The fraction of sp³-hybridized carbons (Fsp3) is 0.292. The molecule has 0 spiro atoms.